The van der Waals surface area contributed by atoms with Gasteiger partial charge in [0.25, 0.3) is 0 Å². The topological polar surface area (TPSA) is 143 Å². The highest BCUT2D eigenvalue weighted by Crippen LogP contribution is 2.64. The van der Waals surface area contributed by atoms with Crippen LogP contribution in [-0.4, -0.2) is 44.3 Å². The molecule has 9 rings (SSSR count). The number of carbonyl (C=O) groups is 5. The summed E-state index contributed by atoms with van der Waals surface area (Å²) >= 11 is 7.86. The highest BCUT2D eigenvalue weighted by atomic mass is 35.5. The molecule has 2 saturated heterocycles. The first kappa shape index (κ1) is 34.6. The van der Waals surface area contributed by atoms with Gasteiger partial charge in [-0.2, -0.15) is 5.10 Å². The van der Waals surface area contributed by atoms with E-state index in [0.717, 1.165) is 26.1 Å². The summed E-state index contributed by atoms with van der Waals surface area (Å²) in [4.78, 5) is 73.4. The lowest BCUT2D eigenvalue weighted by molar-refractivity contribution is -0.131. The first-order chi connectivity index (χ1) is 25.8. The zero-order valence-electron chi connectivity index (χ0n) is 29.8. The molecule has 2 aromatic carbocycles. The molecule has 6 unspecified atom stereocenters. The van der Waals surface area contributed by atoms with Gasteiger partial charge in [-0.1, -0.05) is 23.3 Å². The van der Waals surface area contributed by atoms with Crippen LogP contribution in [0.1, 0.15) is 60.0 Å². The van der Waals surface area contributed by atoms with Crippen molar-refractivity contribution in [3.8, 4) is 10.6 Å². The van der Waals surface area contributed by atoms with Crippen LogP contribution in [0.15, 0.2) is 76.7 Å². The van der Waals surface area contributed by atoms with E-state index in [2.05, 4.69) is 0 Å². The Morgan fingerprint density at radius 2 is 1.76 bits per heavy atom. The fourth-order valence-corrected chi connectivity index (χ4v) is 10.8. The Kier molecular flexibility index (Phi) is 7.80. The van der Waals surface area contributed by atoms with Gasteiger partial charge < -0.3 is 9.52 Å². The molecule has 4 amide bonds. The molecule has 3 aromatic heterocycles. The Morgan fingerprint density at radius 1 is 1.00 bits per heavy atom. The highest BCUT2D eigenvalue weighted by Gasteiger charge is 2.68. The van der Waals surface area contributed by atoms with Gasteiger partial charge in [-0.05, 0) is 105 Å². The van der Waals surface area contributed by atoms with Crippen LogP contribution in [0.25, 0.3) is 20.7 Å². The number of nitrogens with zero attached hydrogens (tertiary/aromatic N) is 4. The summed E-state index contributed by atoms with van der Waals surface area (Å²) in [5.74, 6) is -4.22. The second-order valence-corrected chi connectivity index (χ2v) is 16.4. The Labute approximate surface area is 318 Å². The summed E-state index contributed by atoms with van der Waals surface area (Å²) in [5, 5.41) is 16.3. The van der Waals surface area contributed by atoms with Crippen molar-refractivity contribution in [2.24, 2.45) is 36.1 Å². The standard InChI is InChI=1S/C41H35ClN4O7S/c1-19-27-15-22(42)7-14-32(27)54-36(19)30-17-33(44(4)43-30)46-38(50)29-16-28-25(35(41(29,3)40(46)52)31-13-10-24(18-47)53-31)11-12-26-34(28)39(51)45(37(26)49)23-8-5-21(6-9-23)20(2)48/h5-11,13-15,17,26,28-29,34-35,47H,12,16,18H2,1-4H3. The molecule has 3 fully saturated rings. The molecule has 54 heavy (non-hydrogen) atoms. The van der Waals surface area contributed by atoms with Crippen molar-refractivity contribution in [3.05, 3.63) is 100.0 Å². The van der Waals surface area contributed by atoms with Crippen LogP contribution in [0.5, 0.6) is 0 Å². The number of imide groups is 2. The summed E-state index contributed by atoms with van der Waals surface area (Å²) < 4.78 is 8.73. The quantitative estimate of drug-likeness (QED) is 0.111. The van der Waals surface area contributed by atoms with Crippen molar-refractivity contribution in [2.45, 2.75) is 46.1 Å². The summed E-state index contributed by atoms with van der Waals surface area (Å²) in [6.07, 6.45) is 2.39. The number of benzene rings is 2. The van der Waals surface area contributed by atoms with Crippen LogP contribution in [0.4, 0.5) is 11.5 Å². The van der Waals surface area contributed by atoms with Crippen molar-refractivity contribution < 1.29 is 33.5 Å². The summed E-state index contributed by atoms with van der Waals surface area (Å²) in [6.45, 7) is 4.87. The van der Waals surface area contributed by atoms with E-state index in [0.29, 0.717) is 39.3 Å². The van der Waals surface area contributed by atoms with Crippen LogP contribution in [0, 0.1) is 36.0 Å². The van der Waals surface area contributed by atoms with Crippen LogP contribution in [0.3, 0.4) is 0 Å². The summed E-state index contributed by atoms with van der Waals surface area (Å²) in [7, 11) is 1.70. The Balaban J connectivity index is 1.12. The lowest BCUT2D eigenvalue weighted by Crippen LogP contribution is -2.48. The van der Waals surface area contributed by atoms with E-state index in [1.165, 1.54) is 16.7 Å². The molecule has 13 heteroatoms. The number of Topliss-reactive ketones (excluding diaryl/α,β-unsaturated/α-hetero) is 1. The van der Waals surface area contributed by atoms with Crippen LogP contribution in [0.2, 0.25) is 5.02 Å². The lowest BCUT2D eigenvalue weighted by atomic mass is 9.52. The number of carbonyl (C=O) groups excluding carboxylic acids is 5. The first-order valence-corrected chi connectivity index (χ1v) is 19.0. The zero-order chi connectivity index (χ0) is 38.0. The SMILES string of the molecule is CC(=O)c1ccc(N2C(=O)C3CC=C4C(CC5C(=O)N(c6cc(-c7sc8ccc(Cl)cc8c7C)nn6C)C(=O)C5(C)C4c4ccc(CO)o4)C3C2=O)cc1. The van der Waals surface area contributed by atoms with Gasteiger partial charge in [0.2, 0.25) is 23.6 Å². The minimum atomic E-state index is -1.32. The van der Waals surface area contributed by atoms with Crippen LogP contribution < -0.4 is 9.80 Å². The van der Waals surface area contributed by atoms with E-state index in [1.807, 2.05) is 31.2 Å². The van der Waals surface area contributed by atoms with Gasteiger partial charge in [-0.25, -0.2) is 4.90 Å². The van der Waals surface area contributed by atoms with Crippen LogP contribution >= 0.6 is 22.9 Å². The molecule has 1 N–H and O–H groups in total. The molecular weight excluding hydrogens is 728 g/mol. The monoisotopic (exact) mass is 762 g/mol. The molecule has 5 heterocycles. The number of fused-ring (bicyclic) bond motifs is 5. The predicted molar refractivity (Wildman–Crippen MR) is 202 cm³/mol. The van der Waals surface area contributed by atoms with Gasteiger partial charge in [-0.15, -0.1) is 11.3 Å². The van der Waals surface area contributed by atoms with Gasteiger partial charge >= 0.3 is 0 Å². The van der Waals surface area contributed by atoms with Gasteiger partial charge in [0, 0.05) is 28.4 Å². The zero-order valence-corrected chi connectivity index (χ0v) is 31.4. The molecule has 5 aromatic rings. The molecule has 11 nitrogen and oxygen atoms in total. The maximum atomic E-state index is 15.0. The third kappa shape index (κ3) is 4.75. The number of hydrogen-bond acceptors (Lipinski definition) is 9. The van der Waals surface area contributed by atoms with E-state index < -0.39 is 46.8 Å². The van der Waals surface area contributed by atoms with Gasteiger partial charge in [0.05, 0.1) is 39.7 Å². The Bertz CT molecular complexity index is 2510. The van der Waals surface area contributed by atoms with Crippen LogP contribution in [-0.2, 0) is 32.8 Å². The fraction of sp³-hybridized carbons (Fsp3) is 0.317. The second kappa shape index (κ2) is 12.2. The van der Waals surface area contributed by atoms with Crippen molar-refractivity contribution in [3.63, 3.8) is 0 Å². The fourth-order valence-electron chi connectivity index (χ4n) is 9.48. The number of ketones is 1. The van der Waals surface area contributed by atoms with Crippen molar-refractivity contribution in [2.75, 3.05) is 9.80 Å². The molecule has 0 radical (unpaired) electrons. The van der Waals surface area contributed by atoms with Gasteiger partial charge in [0.15, 0.2) is 5.78 Å². The van der Waals surface area contributed by atoms with E-state index in [1.54, 1.807) is 72.5 Å². The number of hydrogen-bond donors (Lipinski definition) is 1. The minimum absolute atomic E-state index is 0.130. The van der Waals surface area contributed by atoms with Crippen molar-refractivity contribution in [1.82, 2.24) is 9.78 Å². The van der Waals surface area contributed by atoms with E-state index in [4.69, 9.17) is 21.1 Å². The molecule has 6 atom stereocenters. The molecule has 4 aliphatic rings. The Hall–Kier alpha value is -5.17. The number of amides is 4. The molecule has 274 valence electrons. The third-order valence-corrected chi connectivity index (χ3v) is 13.7. The number of allylic oxidation sites excluding steroid dienone is 2. The highest BCUT2D eigenvalue weighted by molar-refractivity contribution is 7.22. The number of rotatable bonds is 6. The number of furan rings is 1. The summed E-state index contributed by atoms with van der Waals surface area (Å²) in [5.41, 5.74) is 1.90. The predicted octanol–water partition coefficient (Wildman–Crippen LogP) is 6.99. The summed E-state index contributed by atoms with van der Waals surface area (Å²) in [6, 6.07) is 17.2. The molecule has 2 aliphatic carbocycles. The van der Waals surface area contributed by atoms with E-state index >= 15 is 0 Å². The molecule has 2 aliphatic heterocycles. The van der Waals surface area contributed by atoms with E-state index in [9.17, 15) is 29.1 Å². The number of aromatic nitrogens is 2. The van der Waals surface area contributed by atoms with Crippen molar-refractivity contribution in [1.29, 1.82) is 0 Å². The van der Waals surface area contributed by atoms with E-state index in [-0.39, 0.29) is 37.0 Å². The maximum absolute atomic E-state index is 15.0. The molecule has 1 saturated carbocycles. The minimum Gasteiger partial charge on any atom is -0.463 e. The van der Waals surface area contributed by atoms with Gasteiger partial charge in [-0.3, -0.25) is 33.6 Å². The smallest absolute Gasteiger partial charge is 0.242 e. The number of aliphatic hydroxyl groups excluding tert-OH is 1. The first-order valence-electron chi connectivity index (χ1n) is 17.8. The number of anilines is 2. The average molecular weight is 763 g/mol. The largest absolute Gasteiger partial charge is 0.463 e. The molecule has 0 spiro atoms. The molecular formula is C41H35ClN4O7S. The average Bonchev–Trinajstić information content (AvgIpc) is 3.95. The second-order valence-electron chi connectivity index (χ2n) is 14.9. The van der Waals surface area contributed by atoms with Crippen molar-refractivity contribution >= 4 is 73.9 Å². The Morgan fingerprint density at radius 3 is 2.46 bits per heavy atom. The number of aliphatic hydroxyl groups is 1. The maximum Gasteiger partial charge on any atom is 0.242 e. The number of halogens is 1. The number of aryl methyl sites for hydroxylation is 2. The van der Waals surface area contributed by atoms with Gasteiger partial charge in [0.1, 0.15) is 29.6 Å². The molecule has 0 bridgehead atoms. The third-order valence-electron chi connectivity index (χ3n) is 12.1. The lowest BCUT2D eigenvalue weighted by Gasteiger charge is -2.48. The normalized spacial score (nSPS) is 26.4. The number of thiophene rings is 1.